The number of anilines is 1. The number of carbonyl (C=O) groups is 3. The van der Waals surface area contributed by atoms with Crippen molar-refractivity contribution in [2.75, 3.05) is 11.9 Å². The number of urea groups is 1. The van der Waals surface area contributed by atoms with E-state index in [0.29, 0.717) is 10.6 Å². The van der Waals surface area contributed by atoms with Crippen molar-refractivity contribution >= 4 is 23.5 Å². The van der Waals surface area contributed by atoms with E-state index in [1.807, 2.05) is 26.0 Å². The molecule has 3 rings (SSSR count). The molecule has 2 N–H and O–H groups in total. The van der Waals surface area contributed by atoms with Gasteiger partial charge in [0.2, 0.25) is 5.91 Å². The van der Waals surface area contributed by atoms with Gasteiger partial charge in [0.1, 0.15) is 23.7 Å². The molecular formula is C20H19F2N3O3. The molecule has 1 aliphatic heterocycles. The van der Waals surface area contributed by atoms with Crippen molar-refractivity contribution < 1.29 is 23.2 Å². The predicted molar refractivity (Wildman–Crippen MR) is 98.5 cm³/mol. The molecular weight excluding hydrogens is 368 g/mol. The van der Waals surface area contributed by atoms with Crippen molar-refractivity contribution in [1.29, 1.82) is 0 Å². The van der Waals surface area contributed by atoms with Crippen LogP contribution in [0.4, 0.5) is 19.3 Å². The first-order valence-corrected chi connectivity index (χ1v) is 8.58. The number of carbonyl (C=O) groups excluding carboxylic acids is 3. The minimum Gasteiger partial charge on any atom is -0.324 e. The fourth-order valence-corrected chi connectivity index (χ4v) is 3.11. The Morgan fingerprint density at radius 1 is 1.14 bits per heavy atom. The fourth-order valence-electron chi connectivity index (χ4n) is 3.11. The molecule has 0 unspecified atom stereocenters. The maximum atomic E-state index is 14.2. The van der Waals surface area contributed by atoms with Crippen molar-refractivity contribution in [2.24, 2.45) is 0 Å². The molecule has 1 fully saturated rings. The third-order valence-electron chi connectivity index (χ3n) is 4.71. The van der Waals surface area contributed by atoms with Crippen molar-refractivity contribution in [3.05, 3.63) is 64.7 Å². The second-order valence-corrected chi connectivity index (χ2v) is 6.94. The van der Waals surface area contributed by atoms with Gasteiger partial charge < -0.3 is 10.6 Å². The molecule has 0 spiro atoms. The second-order valence-electron chi connectivity index (χ2n) is 6.94. The van der Waals surface area contributed by atoms with Crippen LogP contribution in [0.2, 0.25) is 0 Å². The number of aryl methyl sites for hydroxylation is 2. The molecule has 0 radical (unpaired) electrons. The summed E-state index contributed by atoms with van der Waals surface area (Å²) in [5.41, 5.74) is 0.218. The summed E-state index contributed by atoms with van der Waals surface area (Å²) in [6.45, 7) is 4.40. The van der Waals surface area contributed by atoms with E-state index >= 15 is 0 Å². The van der Waals surface area contributed by atoms with Crippen LogP contribution < -0.4 is 10.6 Å². The van der Waals surface area contributed by atoms with Gasteiger partial charge in [-0.15, -0.1) is 0 Å². The zero-order valence-corrected chi connectivity index (χ0v) is 15.6. The summed E-state index contributed by atoms with van der Waals surface area (Å²) in [5.74, 6) is -3.00. The Morgan fingerprint density at radius 3 is 2.57 bits per heavy atom. The number of benzene rings is 2. The zero-order chi connectivity index (χ0) is 20.6. The van der Waals surface area contributed by atoms with Crippen LogP contribution in [0.15, 0.2) is 36.4 Å². The van der Waals surface area contributed by atoms with Crippen LogP contribution in [0.1, 0.15) is 23.6 Å². The average Bonchev–Trinajstić information content (AvgIpc) is 2.84. The highest BCUT2D eigenvalue weighted by Gasteiger charge is 2.50. The van der Waals surface area contributed by atoms with Crippen LogP contribution in [0.3, 0.4) is 0 Å². The quantitative estimate of drug-likeness (QED) is 0.792. The molecule has 2 aromatic rings. The van der Waals surface area contributed by atoms with E-state index in [0.717, 1.165) is 29.3 Å². The molecule has 2 aromatic carbocycles. The summed E-state index contributed by atoms with van der Waals surface area (Å²) in [7, 11) is 0. The summed E-state index contributed by atoms with van der Waals surface area (Å²) >= 11 is 0. The molecule has 1 aliphatic rings. The van der Waals surface area contributed by atoms with E-state index in [-0.39, 0.29) is 5.56 Å². The van der Waals surface area contributed by atoms with Gasteiger partial charge in [0.15, 0.2) is 0 Å². The van der Waals surface area contributed by atoms with E-state index in [2.05, 4.69) is 10.6 Å². The van der Waals surface area contributed by atoms with Crippen LogP contribution >= 0.6 is 0 Å². The number of rotatable bonds is 4. The highest BCUT2D eigenvalue weighted by molar-refractivity contribution is 6.10. The lowest BCUT2D eigenvalue weighted by molar-refractivity contribution is -0.133. The highest BCUT2D eigenvalue weighted by atomic mass is 19.1. The summed E-state index contributed by atoms with van der Waals surface area (Å²) in [4.78, 5) is 38.1. The van der Waals surface area contributed by atoms with Crippen molar-refractivity contribution in [3.63, 3.8) is 0 Å². The summed E-state index contributed by atoms with van der Waals surface area (Å²) in [6.07, 6.45) is 0. The van der Waals surface area contributed by atoms with Crippen LogP contribution in [-0.2, 0) is 15.1 Å². The Hall–Kier alpha value is -3.29. The third-order valence-corrected chi connectivity index (χ3v) is 4.71. The minimum atomic E-state index is -1.80. The summed E-state index contributed by atoms with van der Waals surface area (Å²) in [5, 5.41) is 5.01. The molecule has 8 heteroatoms. The molecule has 0 bridgehead atoms. The second kappa shape index (κ2) is 7.03. The standard InChI is InChI=1S/C20H19F2N3O3/c1-11-4-5-12(2)16(8-11)23-17(26)10-25-18(27)20(3,24-19(25)28)14-9-13(21)6-7-15(14)22/h4-9H,10H2,1-3H3,(H,23,26)(H,24,28)/t20-/m1/s1. The molecule has 28 heavy (non-hydrogen) atoms. The topological polar surface area (TPSA) is 78.5 Å². The van der Waals surface area contributed by atoms with E-state index in [1.54, 1.807) is 6.07 Å². The summed E-state index contributed by atoms with van der Waals surface area (Å²) in [6, 6.07) is 7.29. The van der Waals surface area contributed by atoms with Gasteiger partial charge in [-0.2, -0.15) is 0 Å². The number of nitrogens with zero attached hydrogens (tertiary/aromatic N) is 1. The Balaban J connectivity index is 1.81. The lowest BCUT2D eigenvalue weighted by Gasteiger charge is -2.22. The van der Waals surface area contributed by atoms with Crippen molar-refractivity contribution in [1.82, 2.24) is 10.2 Å². The lowest BCUT2D eigenvalue weighted by Crippen LogP contribution is -2.42. The van der Waals surface area contributed by atoms with Gasteiger partial charge in [-0.25, -0.2) is 13.6 Å². The van der Waals surface area contributed by atoms with Gasteiger partial charge in [0.25, 0.3) is 5.91 Å². The van der Waals surface area contributed by atoms with Crippen LogP contribution in [0.5, 0.6) is 0 Å². The molecule has 146 valence electrons. The Labute approximate surface area is 160 Å². The van der Waals surface area contributed by atoms with E-state index < -0.39 is 41.6 Å². The normalized spacial score (nSPS) is 19.0. The zero-order valence-electron chi connectivity index (χ0n) is 15.6. The maximum absolute atomic E-state index is 14.2. The van der Waals surface area contributed by atoms with Gasteiger partial charge in [0.05, 0.1) is 0 Å². The van der Waals surface area contributed by atoms with Crippen LogP contribution in [0, 0.1) is 25.5 Å². The first kappa shape index (κ1) is 19.5. The Kier molecular flexibility index (Phi) is 4.89. The number of hydrogen-bond acceptors (Lipinski definition) is 3. The van der Waals surface area contributed by atoms with Crippen LogP contribution in [0.25, 0.3) is 0 Å². The SMILES string of the molecule is Cc1ccc(C)c(NC(=O)CN2C(=O)N[C@](C)(c3cc(F)ccc3F)C2=O)c1. The predicted octanol–water partition coefficient (Wildman–Crippen LogP) is 2.99. The van der Waals surface area contributed by atoms with Gasteiger partial charge in [-0.3, -0.25) is 14.5 Å². The number of imide groups is 1. The minimum absolute atomic E-state index is 0.303. The number of amides is 4. The summed E-state index contributed by atoms with van der Waals surface area (Å²) < 4.78 is 27.7. The maximum Gasteiger partial charge on any atom is 0.325 e. The monoisotopic (exact) mass is 387 g/mol. The molecule has 4 amide bonds. The third kappa shape index (κ3) is 3.45. The molecule has 0 aliphatic carbocycles. The molecule has 0 aromatic heterocycles. The van der Waals surface area contributed by atoms with Crippen molar-refractivity contribution in [2.45, 2.75) is 26.3 Å². The average molecular weight is 387 g/mol. The first-order chi connectivity index (χ1) is 13.1. The van der Waals surface area contributed by atoms with Crippen molar-refractivity contribution in [3.8, 4) is 0 Å². The molecule has 1 atom stereocenters. The Bertz CT molecular complexity index is 993. The molecule has 1 heterocycles. The van der Waals surface area contributed by atoms with Gasteiger partial charge in [0, 0.05) is 11.3 Å². The van der Waals surface area contributed by atoms with E-state index in [9.17, 15) is 23.2 Å². The Morgan fingerprint density at radius 2 is 1.86 bits per heavy atom. The largest absolute Gasteiger partial charge is 0.325 e. The van der Waals surface area contributed by atoms with E-state index in [1.165, 1.54) is 6.92 Å². The molecule has 6 nitrogen and oxygen atoms in total. The highest BCUT2D eigenvalue weighted by Crippen LogP contribution is 2.31. The number of hydrogen-bond donors (Lipinski definition) is 2. The fraction of sp³-hybridized carbons (Fsp3) is 0.250. The van der Waals surface area contributed by atoms with E-state index in [4.69, 9.17) is 0 Å². The number of halogens is 2. The number of nitrogens with one attached hydrogen (secondary N) is 2. The first-order valence-electron chi connectivity index (χ1n) is 8.58. The van der Waals surface area contributed by atoms with Gasteiger partial charge in [-0.1, -0.05) is 12.1 Å². The molecule has 1 saturated heterocycles. The van der Waals surface area contributed by atoms with Gasteiger partial charge >= 0.3 is 6.03 Å². The lowest BCUT2D eigenvalue weighted by atomic mass is 9.91. The van der Waals surface area contributed by atoms with Gasteiger partial charge in [-0.05, 0) is 56.2 Å². The molecule has 0 saturated carbocycles. The smallest absolute Gasteiger partial charge is 0.324 e. The van der Waals surface area contributed by atoms with Crippen LogP contribution in [-0.4, -0.2) is 29.3 Å².